The minimum Gasteiger partial charge on any atom is -0.481 e. The van der Waals surface area contributed by atoms with E-state index < -0.39 is 5.54 Å². The summed E-state index contributed by atoms with van der Waals surface area (Å²) < 4.78 is 25.1. The minimum absolute atomic E-state index is 0.0949. The minimum atomic E-state index is -0.599. The number of nitrogens with zero attached hydrogens (tertiary/aromatic N) is 1. The lowest BCUT2D eigenvalue weighted by atomic mass is 9.80. The van der Waals surface area contributed by atoms with Gasteiger partial charge >= 0.3 is 0 Å². The molecule has 0 N–H and O–H groups in total. The van der Waals surface area contributed by atoms with Crippen molar-refractivity contribution in [3.63, 3.8) is 0 Å². The molecule has 3 rings (SSSR count). The molecule has 20 heavy (non-hydrogen) atoms. The Morgan fingerprint density at radius 3 is 2.75 bits per heavy atom. The molecule has 2 aliphatic rings. The molecule has 2 atom stereocenters. The topological polar surface area (TPSA) is 30.8 Å². The zero-order valence-electron chi connectivity index (χ0n) is 12.6. The van der Waals surface area contributed by atoms with Crippen molar-refractivity contribution in [1.29, 1.82) is 0 Å². The Morgan fingerprint density at radius 2 is 2.00 bits per heavy atom. The zero-order chi connectivity index (χ0) is 14.8. The van der Waals surface area contributed by atoms with Crippen LogP contribution < -0.4 is 0 Å². The van der Waals surface area contributed by atoms with Crippen LogP contribution in [-0.2, 0) is 15.0 Å². The average molecular weight is 279 g/mol. The molecule has 1 saturated heterocycles. The van der Waals surface area contributed by atoms with Gasteiger partial charge in [-0.3, -0.25) is 0 Å². The van der Waals surface area contributed by atoms with Crippen LogP contribution in [0.25, 0.3) is 0 Å². The van der Waals surface area contributed by atoms with Gasteiger partial charge < -0.3 is 9.47 Å². The number of rotatable bonds is 1. The molecule has 1 fully saturated rings. The summed E-state index contributed by atoms with van der Waals surface area (Å²) in [4.78, 5) is 4.58. The van der Waals surface area contributed by atoms with E-state index in [0.717, 1.165) is 5.56 Å². The molecule has 1 aromatic carbocycles. The highest BCUT2D eigenvalue weighted by Crippen LogP contribution is 2.43. The highest BCUT2D eigenvalue weighted by molar-refractivity contribution is 5.74. The number of aliphatic imine (C=N–C) groups is 1. The van der Waals surface area contributed by atoms with E-state index >= 15 is 0 Å². The van der Waals surface area contributed by atoms with Crippen LogP contribution in [0.3, 0.4) is 0 Å². The summed E-state index contributed by atoms with van der Waals surface area (Å²) in [7, 11) is 0. The quantitative estimate of drug-likeness (QED) is 0.788. The van der Waals surface area contributed by atoms with E-state index in [4.69, 9.17) is 9.47 Å². The van der Waals surface area contributed by atoms with Gasteiger partial charge in [-0.2, -0.15) is 0 Å². The summed E-state index contributed by atoms with van der Waals surface area (Å²) in [6.07, 6.45) is 0. The van der Waals surface area contributed by atoms with E-state index in [2.05, 4.69) is 4.99 Å². The van der Waals surface area contributed by atoms with Gasteiger partial charge in [-0.25, -0.2) is 9.38 Å². The van der Waals surface area contributed by atoms with E-state index in [0.29, 0.717) is 31.3 Å². The van der Waals surface area contributed by atoms with E-state index in [1.54, 1.807) is 6.07 Å². The first-order valence-corrected chi connectivity index (χ1v) is 7.15. The normalized spacial score (nSPS) is 27.9. The van der Waals surface area contributed by atoms with Gasteiger partial charge in [0.1, 0.15) is 11.4 Å². The van der Waals surface area contributed by atoms with Crippen LogP contribution in [0.4, 0.5) is 4.39 Å². The van der Waals surface area contributed by atoms with Crippen LogP contribution in [0.2, 0.25) is 0 Å². The maximum atomic E-state index is 14.1. The Bertz CT molecular complexity index is 515. The number of aryl methyl sites for hydroxylation is 1. The fourth-order valence-electron chi connectivity index (χ4n) is 2.79. The van der Waals surface area contributed by atoms with Gasteiger partial charge in [0, 0.05) is 18.4 Å². The van der Waals surface area contributed by atoms with Crippen molar-refractivity contribution in [2.75, 3.05) is 19.8 Å². The molecule has 2 heterocycles. The van der Waals surface area contributed by atoms with Crippen molar-refractivity contribution in [3.05, 3.63) is 35.1 Å². The Hall–Kier alpha value is -1.42. The lowest BCUT2D eigenvalue weighted by Crippen LogP contribution is -2.41. The predicted octanol–water partition coefficient (Wildman–Crippen LogP) is 3.45. The van der Waals surface area contributed by atoms with Gasteiger partial charge in [-0.15, -0.1) is 0 Å². The number of ether oxygens (including phenoxy) is 2. The Labute approximate surface area is 119 Å². The SMILES string of the molecule is CC.CC1=NC2(c3cc(C)ccc3F)COCC2CO1. The van der Waals surface area contributed by atoms with Gasteiger partial charge in [-0.1, -0.05) is 31.5 Å². The largest absolute Gasteiger partial charge is 0.481 e. The summed E-state index contributed by atoms with van der Waals surface area (Å²) in [5.74, 6) is 0.490. The Morgan fingerprint density at radius 1 is 1.25 bits per heavy atom. The molecule has 0 amide bonds. The van der Waals surface area contributed by atoms with Crippen molar-refractivity contribution in [1.82, 2.24) is 0 Å². The van der Waals surface area contributed by atoms with Crippen molar-refractivity contribution >= 4 is 5.90 Å². The lowest BCUT2D eigenvalue weighted by molar-refractivity contribution is 0.155. The van der Waals surface area contributed by atoms with Gasteiger partial charge in [0.15, 0.2) is 5.90 Å². The molecule has 2 unspecified atom stereocenters. The molecule has 0 saturated carbocycles. The molecule has 3 nitrogen and oxygen atoms in total. The fraction of sp³-hybridized carbons (Fsp3) is 0.562. The summed E-state index contributed by atoms with van der Waals surface area (Å²) in [6, 6.07) is 5.16. The third-order valence-electron chi connectivity index (χ3n) is 3.76. The van der Waals surface area contributed by atoms with Gasteiger partial charge in [0.05, 0.1) is 19.8 Å². The monoisotopic (exact) mass is 279 g/mol. The van der Waals surface area contributed by atoms with Crippen LogP contribution in [-0.4, -0.2) is 25.7 Å². The molecule has 2 aliphatic heterocycles. The number of halogens is 1. The highest BCUT2D eigenvalue weighted by atomic mass is 19.1. The number of hydrogen-bond acceptors (Lipinski definition) is 3. The fourth-order valence-corrected chi connectivity index (χ4v) is 2.79. The molecule has 0 bridgehead atoms. The molecule has 0 radical (unpaired) electrons. The van der Waals surface area contributed by atoms with E-state index in [1.165, 1.54) is 6.07 Å². The summed E-state index contributed by atoms with van der Waals surface area (Å²) in [5, 5.41) is 0. The van der Waals surface area contributed by atoms with Crippen LogP contribution >= 0.6 is 0 Å². The van der Waals surface area contributed by atoms with Crippen LogP contribution in [0, 0.1) is 18.7 Å². The van der Waals surface area contributed by atoms with Crippen molar-refractivity contribution in [2.24, 2.45) is 10.9 Å². The maximum absolute atomic E-state index is 14.1. The second kappa shape index (κ2) is 5.92. The second-order valence-electron chi connectivity index (χ2n) is 5.06. The number of fused-ring (bicyclic) bond motifs is 1. The second-order valence-corrected chi connectivity index (χ2v) is 5.06. The summed E-state index contributed by atoms with van der Waals surface area (Å²) in [5.41, 5.74) is 1.07. The van der Waals surface area contributed by atoms with E-state index in [9.17, 15) is 4.39 Å². The summed E-state index contributed by atoms with van der Waals surface area (Å²) >= 11 is 0. The van der Waals surface area contributed by atoms with Crippen molar-refractivity contribution in [2.45, 2.75) is 33.2 Å². The summed E-state index contributed by atoms with van der Waals surface area (Å²) in [6.45, 7) is 9.32. The van der Waals surface area contributed by atoms with E-state index in [-0.39, 0.29) is 11.7 Å². The first kappa shape index (κ1) is 15.0. The van der Waals surface area contributed by atoms with Crippen LogP contribution in [0.1, 0.15) is 31.9 Å². The molecule has 0 aliphatic carbocycles. The molecule has 110 valence electrons. The third-order valence-corrected chi connectivity index (χ3v) is 3.76. The van der Waals surface area contributed by atoms with Gasteiger partial charge in [-0.05, 0) is 13.0 Å². The molecule has 0 aromatic heterocycles. The average Bonchev–Trinajstić information content (AvgIpc) is 2.87. The maximum Gasteiger partial charge on any atom is 0.180 e. The van der Waals surface area contributed by atoms with Crippen LogP contribution in [0.5, 0.6) is 0 Å². The van der Waals surface area contributed by atoms with Crippen LogP contribution in [0.15, 0.2) is 23.2 Å². The van der Waals surface area contributed by atoms with Crippen molar-refractivity contribution < 1.29 is 13.9 Å². The molecule has 1 aromatic rings. The molecule has 4 heteroatoms. The lowest BCUT2D eigenvalue weighted by Gasteiger charge is -2.34. The zero-order valence-corrected chi connectivity index (χ0v) is 12.6. The molecular weight excluding hydrogens is 257 g/mol. The molecule has 0 spiro atoms. The van der Waals surface area contributed by atoms with Gasteiger partial charge in [0.2, 0.25) is 0 Å². The van der Waals surface area contributed by atoms with Crippen molar-refractivity contribution in [3.8, 4) is 0 Å². The Balaban J connectivity index is 0.000000704. The first-order chi connectivity index (χ1) is 9.62. The predicted molar refractivity (Wildman–Crippen MR) is 77.5 cm³/mol. The number of benzene rings is 1. The number of hydrogen-bond donors (Lipinski definition) is 0. The third kappa shape index (κ3) is 2.44. The Kier molecular flexibility index (Phi) is 4.43. The van der Waals surface area contributed by atoms with Gasteiger partial charge in [0.25, 0.3) is 0 Å². The standard InChI is InChI=1S/C14H16FNO2.C2H6/c1-9-3-4-13(15)12(5-9)14-8-17-6-11(14)7-18-10(2)16-14;1-2/h3-5,11H,6-8H2,1-2H3;1-2H3. The highest BCUT2D eigenvalue weighted by Gasteiger charge is 2.49. The first-order valence-electron chi connectivity index (χ1n) is 7.15. The molecular formula is C16H22FNO2. The smallest absolute Gasteiger partial charge is 0.180 e. The van der Waals surface area contributed by atoms with E-state index in [1.807, 2.05) is 33.8 Å².